The quantitative estimate of drug-likeness (QED) is 0.434. The Bertz CT molecular complexity index is 869. The van der Waals surface area contributed by atoms with Crippen molar-refractivity contribution in [3.8, 4) is 0 Å². The first-order valence-electron chi connectivity index (χ1n) is 7.51. The van der Waals surface area contributed by atoms with Crippen LogP contribution in [-0.4, -0.2) is 28.4 Å². The summed E-state index contributed by atoms with van der Waals surface area (Å²) in [5.74, 6) is -1.01. The van der Waals surface area contributed by atoms with Crippen LogP contribution in [0.15, 0.2) is 53.4 Å². The van der Waals surface area contributed by atoms with Crippen LogP contribution in [0.3, 0.4) is 0 Å². The molecule has 2 aromatic carbocycles. The van der Waals surface area contributed by atoms with Crippen molar-refractivity contribution in [3.05, 3.63) is 69.8 Å². The van der Waals surface area contributed by atoms with Crippen LogP contribution in [0.1, 0.15) is 27.1 Å². The van der Waals surface area contributed by atoms with Gasteiger partial charge in [0.05, 0.1) is 10.5 Å². The van der Waals surface area contributed by atoms with Crippen LogP contribution in [-0.2, 0) is 4.79 Å². The van der Waals surface area contributed by atoms with Crippen LogP contribution in [0.5, 0.6) is 0 Å². The molecule has 0 spiro atoms. The van der Waals surface area contributed by atoms with E-state index < -0.39 is 21.9 Å². The minimum Gasteiger partial charge on any atom is -0.370 e. The Morgan fingerprint density at radius 2 is 1.65 bits per heavy atom. The summed E-state index contributed by atoms with van der Waals surface area (Å²) in [6.45, 7) is 0.0747. The molecule has 0 bridgehead atoms. The lowest BCUT2D eigenvalue weighted by Gasteiger charge is -2.09. The van der Waals surface area contributed by atoms with Gasteiger partial charge in [0.25, 0.3) is 11.6 Å². The number of benzene rings is 2. The Morgan fingerprint density at radius 1 is 1.04 bits per heavy atom. The number of nitrogens with zero attached hydrogens (tertiary/aromatic N) is 1. The lowest BCUT2D eigenvalue weighted by Crippen LogP contribution is -2.28. The van der Waals surface area contributed by atoms with E-state index in [-0.39, 0.29) is 29.8 Å². The van der Waals surface area contributed by atoms with Gasteiger partial charge in [-0.15, -0.1) is 0 Å². The second-order valence-corrected chi connectivity index (χ2v) is 6.15. The third-order valence-electron chi connectivity index (χ3n) is 3.31. The van der Waals surface area contributed by atoms with Gasteiger partial charge in [-0.3, -0.25) is 24.5 Å². The van der Waals surface area contributed by atoms with Gasteiger partial charge in [0, 0.05) is 23.9 Å². The average molecular weight is 373 g/mol. The lowest BCUT2D eigenvalue weighted by molar-refractivity contribution is -0.385. The van der Waals surface area contributed by atoms with E-state index in [1.807, 2.05) is 0 Å². The Morgan fingerprint density at radius 3 is 2.31 bits per heavy atom. The molecule has 134 valence electrons. The zero-order valence-electron chi connectivity index (χ0n) is 13.5. The summed E-state index contributed by atoms with van der Waals surface area (Å²) >= 11 is 0.727. The standard InChI is InChI=1S/C17H15N3O5S/c18-15(21)9-10-19-16(22)12-6-2-4-8-14(12)26-17(23)11-5-1-3-7-13(11)20(24)25/h1-8H,9-10H2,(H2,18,21)(H,19,22). The number of primary amides is 1. The smallest absolute Gasteiger partial charge is 0.281 e. The van der Waals surface area contributed by atoms with Crippen LogP contribution < -0.4 is 11.1 Å². The van der Waals surface area contributed by atoms with E-state index in [0.717, 1.165) is 11.8 Å². The minimum absolute atomic E-state index is 0.00378. The number of hydrogen-bond donors (Lipinski definition) is 2. The zero-order chi connectivity index (χ0) is 19.1. The number of amides is 2. The second kappa shape index (κ2) is 8.77. The van der Waals surface area contributed by atoms with Crippen LogP contribution in [0.25, 0.3) is 0 Å². The first-order valence-corrected chi connectivity index (χ1v) is 8.33. The number of nitrogens with two attached hydrogens (primary N) is 1. The highest BCUT2D eigenvalue weighted by molar-refractivity contribution is 8.14. The van der Waals surface area contributed by atoms with Crippen molar-refractivity contribution in [3.63, 3.8) is 0 Å². The average Bonchev–Trinajstić information content (AvgIpc) is 2.61. The third kappa shape index (κ3) is 4.90. The number of nitro groups is 1. The molecule has 0 fully saturated rings. The Kier molecular flexibility index (Phi) is 6.45. The van der Waals surface area contributed by atoms with E-state index in [0.29, 0.717) is 4.90 Å². The van der Waals surface area contributed by atoms with Gasteiger partial charge >= 0.3 is 0 Å². The van der Waals surface area contributed by atoms with Gasteiger partial charge < -0.3 is 11.1 Å². The topological polar surface area (TPSA) is 132 Å². The fourth-order valence-electron chi connectivity index (χ4n) is 2.10. The molecule has 0 saturated heterocycles. The molecular formula is C17H15N3O5S. The van der Waals surface area contributed by atoms with Gasteiger partial charge in [0.2, 0.25) is 11.0 Å². The molecule has 9 heteroatoms. The van der Waals surface area contributed by atoms with E-state index in [4.69, 9.17) is 5.73 Å². The summed E-state index contributed by atoms with van der Waals surface area (Å²) < 4.78 is 0. The minimum atomic E-state index is -0.629. The van der Waals surface area contributed by atoms with Gasteiger partial charge in [-0.2, -0.15) is 0 Å². The van der Waals surface area contributed by atoms with Crippen molar-refractivity contribution >= 4 is 34.4 Å². The lowest BCUT2D eigenvalue weighted by atomic mass is 10.2. The Labute approximate surface area is 152 Å². The molecule has 2 amide bonds. The number of thioether (sulfide) groups is 1. The van der Waals surface area contributed by atoms with Gasteiger partial charge in [-0.05, 0) is 30.0 Å². The van der Waals surface area contributed by atoms with E-state index in [1.165, 1.54) is 30.3 Å². The molecule has 2 rings (SSSR count). The highest BCUT2D eigenvalue weighted by atomic mass is 32.2. The van der Waals surface area contributed by atoms with Crippen molar-refractivity contribution < 1.29 is 19.3 Å². The van der Waals surface area contributed by atoms with Gasteiger partial charge in [0.1, 0.15) is 5.56 Å². The van der Waals surface area contributed by atoms with Crippen LogP contribution in [0.4, 0.5) is 5.69 Å². The van der Waals surface area contributed by atoms with E-state index in [2.05, 4.69) is 5.32 Å². The summed E-state index contributed by atoms with van der Waals surface area (Å²) in [5, 5.41) is 13.1. The van der Waals surface area contributed by atoms with Crippen molar-refractivity contribution in [2.45, 2.75) is 11.3 Å². The molecule has 0 aliphatic rings. The summed E-state index contributed by atoms with van der Waals surface area (Å²) in [6.07, 6.45) is -0.00378. The van der Waals surface area contributed by atoms with Crippen LogP contribution in [0.2, 0.25) is 0 Å². The monoisotopic (exact) mass is 373 g/mol. The Hall–Kier alpha value is -3.20. The number of para-hydroxylation sites is 1. The zero-order valence-corrected chi connectivity index (χ0v) is 14.3. The normalized spacial score (nSPS) is 10.2. The number of rotatable bonds is 7. The molecule has 0 unspecified atom stereocenters. The molecule has 0 aromatic heterocycles. The maximum absolute atomic E-state index is 12.5. The molecule has 3 N–H and O–H groups in total. The molecule has 0 aliphatic heterocycles. The molecular weight excluding hydrogens is 358 g/mol. The van der Waals surface area contributed by atoms with Gasteiger partial charge in [-0.1, -0.05) is 24.3 Å². The number of hydrogen-bond acceptors (Lipinski definition) is 6. The largest absolute Gasteiger partial charge is 0.370 e. The molecule has 0 aliphatic carbocycles. The van der Waals surface area contributed by atoms with Crippen LogP contribution >= 0.6 is 11.8 Å². The third-order valence-corrected chi connectivity index (χ3v) is 4.29. The van der Waals surface area contributed by atoms with Crippen molar-refractivity contribution in [2.75, 3.05) is 6.54 Å². The highest BCUT2D eigenvalue weighted by Gasteiger charge is 2.22. The fourth-order valence-corrected chi connectivity index (χ4v) is 3.00. The summed E-state index contributed by atoms with van der Waals surface area (Å²) in [4.78, 5) is 46.3. The molecule has 26 heavy (non-hydrogen) atoms. The van der Waals surface area contributed by atoms with Crippen molar-refractivity contribution in [1.29, 1.82) is 0 Å². The number of carbonyl (C=O) groups is 3. The van der Waals surface area contributed by atoms with E-state index in [9.17, 15) is 24.5 Å². The number of carbonyl (C=O) groups excluding carboxylic acids is 3. The first-order chi connectivity index (χ1) is 12.4. The van der Waals surface area contributed by atoms with Gasteiger partial charge in [-0.25, -0.2) is 0 Å². The fraction of sp³-hybridized carbons (Fsp3) is 0.118. The molecule has 0 atom stereocenters. The molecule has 0 heterocycles. The molecule has 2 aromatic rings. The first kappa shape index (κ1) is 19.1. The molecule has 0 radical (unpaired) electrons. The Balaban J connectivity index is 2.20. The van der Waals surface area contributed by atoms with E-state index in [1.54, 1.807) is 18.2 Å². The van der Waals surface area contributed by atoms with Crippen LogP contribution in [0, 0.1) is 10.1 Å². The highest BCUT2D eigenvalue weighted by Crippen LogP contribution is 2.30. The summed E-state index contributed by atoms with van der Waals surface area (Å²) in [6, 6.07) is 12.0. The number of nitrogens with one attached hydrogen (secondary N) is 1. The maximum Gasteiger partial charge on any atom is 0.281 e. The predicted octanol–water partition coefficient (Wildman–Crippen LogP) is 2.13. The maximum atomic E-state index is 12.5. The molecule has 8 nitrogen and oxygen atoms in total. The number of nitro benzene ring substituents is 1. The van der Waals surface area contributed by atoms with Crippen molar-refractivity contribution in [2.24, 2.45) is 5.73 Å². The SMILES string of the molecule is NC(=O)CCNC(=O)c1ccccc1SC(=O)c1ccccc1[N+](=O)[O-]. The van der Waals surface area contributed by atoms with Gasteiger partial charge in [0.15, 0.2) is 0 Å². The molecule has 0 saturated carbocycles. The second-order valence-electron chi connectivity index (χ2n) is 5.13. The van der Waals surface area contributed by atoms with Crippen molar-refractivity contribution in [1.82, 2.24) is 5.32 Å². The van der Waals surface area contributed by atoms with E-state index >= 15 is 0 Å². The summed E-state index contributed by atoms with van der Waals surface area (Å²) in [5.41, 5.74) is 4.91. The summed E-state index contributed by atoms with van der Waals surface area (Å²) in [7, 11) is 0. The predicted molar refractivity (Wildman–Crippen MR) is 95.9 cm³/mol.